The third-order valence-corrected chi connectivity index (χ3v) is 2.94. The van der Waals surface area contributed by atoms with Crippen molar-refractivity contribution >= 4 is 11.8 Å². The Morgan fingerprint density at radius 2 is 2.12 bits per heavy atom. The van der Waals surface area contributed by atoms with E-state index >= 15 is 0 Å². The zero-order valence-electron chi connectivity index (χ0n) is 10.1. The van der Waals surface area contributed by atoms with E-state index in [2.05, 4.69) is 6.07 Å². The summed E-state index contributed by atoms with van der Waals surface area (Å²) in [6.07, 6.45) is 3.21. The molecule has 0 aromatic carbocycles. The average molecular weight is 236 g/mol. The van der Waals surface area contributed by atoms with Gasteiger partial charge in [0.15, 0.2) is 0 Å². The maximum absolute atomic E-state index is 11.8. The molecule has 0 aliphatic carbocycles. The second kappa shape index (κ2) is 6.24. The number of hydrogen-bond donors (Lipinski definition) is 1. The Morgan fingerprint density at radius 3 is 2.59 bits per heavy atom. The molecule has 0 aromatic heterocycles. The molecule has 93 valence electrons. The van der Waals surface area contributed by atoms with Crippen molar-refractivity contribution in [2.45, 2.75) is 26.2 Å². The molecule has 1 radical (unpaired) electrons. The van der Waals surface area contributed by atoms with Crippen LogP contribution in [0.3, 0.4) is 0 Å². The van der Waals surface area contributed by atoms with Crippen molar-refractivity contribution in [2.24, 2.45) is 17.6 Å². The van der Waals surface area contributed by atoms with Gasteiger partial charge in [0.05, 0.1) is 12.5 Å². The molecule has 2 amide bonds. The highest BCUT2D eigenvalue weighted by Crippen LogP contribution is 2.18. The second-order valence-corrected chi connectivity index (χ2v) is 4.54. The van der Waals surface area contributed by atoms with Gasteiger partial charge >= 0.3 is 0 Å². The van der Waals surface area contributed by atoms with Crippen molar-refractivity contribution in [2.75, 3.05) is 13.1 Å². The van der Waals surface area contributed by atoms with E-state index in [0.29, 0.717) is 13.1 Å². The molecule has 0 saturated carbocycles. The van der Waals surface area contributed by atoms with E-state index in [1.54, 1.807) is 11.8 Å². The Labute approximate surface area is 102 Å². The molecule has 1 rings (SSSR count). The third-order valence-electron chi connectivity index (χ3n) is 2.94. The van der Waals surface area contributed by atoms with Gasteiger partial charge in [0.25, 0.3) is 0 Å². The summed E-state index contributed by atoms with van der Waals surface area (Å²) in [6.45, 7) is 3.04. The largest absolute Gasteiger partial charge is 0.370 e. The van der Waals surface area contributed by atoms with E-state index in [4.69, 9.17) is 11.0 Å². The van der Waals surface area contributed by atoms with Crippen LogP contribution in [0.4, 0.5) is 0 Å². The molecular formula is C12H18N3O2. The zero-order chi connectivity index (χ0) is 12.8. The zero-order valence-corrected chi connectivity index (χ0v) is 10.1. The number of piperidine rings is 1. The summed E-state index contributed by atoms with van der Waals surface area (Å²) in [5, 5.41) is 8.75. The normalized spacial score (nSPS) is 18.5. The minimum absolute atomic E-state index is 0.0601. The number of nitriles is 1. The van der Waals surface area contributed by atoms with E-state index in [1.165, 1.54) is 6.42 Å². The van der Waals surface area contributed by atoms with Gasteiger partial charge in [-0.3, -0.25) is 9.59 Å². The Hall–Kier alpha value is -1.57. The number of nitrogens with two attached hydrogens (primary N) is 1. The highest BCUT2D eigenvalue weighted by atomic mass is 16.2. The monoisotopic (exact) mass is 236 g/mol. The van der Waals surface area contributed by atoms with Crippen LogP contribution < -0.4 is 5.73 Å². The van der Waals surface area contributed by atoms with Crippen molar-refractivity contribution in [3.63, 3.8) is 0 Å². The Morgan fingerprint density at radius 1 is 1.53 bits per heavy atom. The fourth-order valence-electron chi connectivity index (χ4n) is 1.95. The molecule has 1 aliphatic rings. The minimum atomic E-state index is -0.398. The lowest BCUT2D eigenvalue weighted by Crippen LogP contribution is -2.39. The molecule has 0 bridgehead atoms. The van der Waals surface area contributed by atoms with E-state index in [1.807, 2.05) is 0 Å². The topological polar surface area (TPSA) is 87.2 Å². The van der Waals surface area contributed by atoms with Crippen LogP contribution in [-0.2, 0) is 9.59 Å². The van der Waals surface area contributed by atoms with Crippen molar-refractivity contribution in [3.05, 3.63) is 6.42 Å². The summed E-state index contributed by atoms with van der Waals surface area (Å²) in [7, 11) is 0. The first-order chi connectivity index (χ1) is 8.02. The number of carbonyl (C=O) groups is 2. The molecule has 2 N–H and O–H groups in total. The van der Waals surface area contributed by atoms with Gasteiger partial charge in [-0.1, -0.05) is 6.92 Å². The molecule has 1 aliphatic heterocycles. The van der Waals surface area contributed by atoms with Gasteiger partial charge in [0, 0.05) is 25.4 Å². The van der Waals surface area contributed by atoms with Crippen LogP contribution in [0.25, 0.3) is 0 Å². The lowest BCUT2D eigenvalue weighted by atomic mass is 9.97. The summed E-state index contributed by atoms with van der Waals surface area (Å²) in [5.41, 5.74) is 5.06. The molecule has 1 heterocycles. The number of carbonyl (C=O) groups excluding carboxylic acids is 2. The predicted octanol–water partition coefficient (Wildman–Crippen LogP) is 0.464. The third kappa shape index (κ3) is 4.43. The number of primary amides is 1. The molecule has 0 spiro atoms. The number of likely N-dealkylation sites (tertiary alicyclic amines) is 1. The van der Waals surface area contributed by atoms with E-state index in [9.17, 15) is 9.59 Å². The first kappa shape index (κ1) is 13.5. The van der Waals surface area contributed by atoms with Crippen LogP contribution in [0.15, 0.2) is 0 Å². The fourth-order valence-corrected chi connectivity index (χ4v) is 1.95. The van der Waals surface area contributed by atoms with Gasteiger partial charge in [-0.15, -0.1) is 0 Å². The molecule has 0 unspecified atom stereocenters. The van der Waals surface area contributed by atoms with Crippen LogP contribution >= 0.6 is 0 Å². The van der Waals surface area contributed by atoms with Crippen LogP contribution in [0.2, 0.25) is 0 Å². The Kier molecular flexibility index (Phi) is 4.95. The molecule has 5 nitrogen and oxygen atoms in total. The van der Waals surface area contributed by atoms with Gasteiger partial charge in [-0.05, 0) is 18.8 Å². The van der Waals surface area contributed by atoms with Gasteiger partial charge in [-0.2, -0.15) is 5.26 Å². The average Bonchev–Trinajstić information content (AvgIpc) is 2.28. The summed E-state index contributed by atoms with van der Waals surface area (Å²) in [5.74, 6) is -0.518. The number of amides is 2. The van der Waals surface area contributed by atoms with Crippen LogP contribution in [-0.4, -0.2) is 29.8 Å². The molecule has 1 fully saturated rings. The highest BCUT2D eigenvalue weighted by Gasteiger charge is 2.23. The summed E-state index contributed by atoms with van der Waals surface area (Å²) >= 11 is 0. The fraction of sp³-hybridized carbons (Fsp3) is 0.667. The molecular weight excluding hydrogens is 218 g/mol. The summed E-state index contributed by atoms with van der Waals surface area (Å²) < 4.78 is 0. The van der Waals surface area contributed by atoms with Crippen molar-refractivity contribution in [3.8, 4) is 6.07 Å². The molecule has 5 heteroatoms. The minimum Gasteiger partial charge on any atom is -0.370 e. The summed E-state index contributed by atoms with van der Waals surface area (Å²) in [6, 6.07) is 2.22. The lowest BCUT2D eigenvalue weighted by Gasteiger charge is -2.29. The lowest BCUT2D eigenvalue weighted by molar-refractivity contribution is -0.129. The van der Waals surface area contributed by atoms with Gasteiger partial charge in [0.2, 0.25) is 11.8 Å². The maximum atomic E-state index is 11.8. The van der Waals surface area contributed by atoms with Crippen LogP contribution in [0.1, 0.15) is 26.2 Å². The van der Waals surface area contributed by atoms with E-state index < -0.39 is 5.91 Å². The van der Waals surface area contributed by atoms with Gasteiger partial charge in [0.1, 0.15) is 0 Å². The van der Waals surface area contributed by atoms with E-state index in [0.717, 1.165) is 12.8 Å². The molecule has 1 atom stereocenters. The highest BCUT2D eigenvalue weighted by molar-refractivity contribution is 5.86. The quantitative estimate of drug-likeness (QED) is 0.769. The van der Waals surface area contributed by atoms with Crippen molar-refractivity contribution < 1.29 is 9.59 Å². The maximum Gasteiger partial charge on any atom is 0.226 e. The number of hydrogen-bond acceptors (Lipinski definition) is 3. The Balaban J connectivity index is 2.34. The smallest absolute Gasteiger partial charge is 0.226 e. The van der Waals surface area contributed by atoms with Crippen LogP contribution in [0, 0.1) is 29.6 Å². The molecule has 0 aromatic rings. The van der Waals surface area contributed by atoms with Crippen molar-refractivity contribution in [1.29, 1.82) is 5.26 Å². The van der Waals surface area contributed by atoms with Crippen LogP contribution in [0.5, 0.6) is 0 Å². The SMILES string of the molecule is C[C@H]([CH]C(=O)N1CCC(C#N)CC1)CC(N)=O. The number of nitrogens with zero attached hydrogens (tertiary/aromatic N) is 2. The van der Waals surface area contributed by atoms with Gasteiger partial charge < -0.3 is 10.6 Å². The first-order valence-electron chi connectivity index (χ1n) is 5.84. The van der Waals surface area contributed by atoms with E-state index in [-0.39, 0.29) is 24.2 Å². The number of rotatable bonds is 4. The standard InChI is InChI=1S/C12H18N3O2/c1-9(6-11(14)16)7-12(17)15-4-2-10(8-13)3-5-15/h7,9-10H,2-6H2,1H3,(H2,14,16)/t9-/m0/s1. The Bertz CT molecular complexity index is 327. The van der Waals surface area contributed by atoms with Crippen molar-refractivity contribution in [1.82, 2.24) is 4.90 Å². The summed E-state index contributed by atoms with van der Waals surface area (Å²) in [4.78, 5) is 24.2. The predicted molar refractivity (Wildman–Crippen MR) is 62.2 cm³/mol. The van der Waals surface area contributed by atoms with Gasteiger partial charge in [-0.25, -0.2) is 0 Å². The molecule has 17 heavy (non-hydrogen) atoms. The first-order valence-corrected chi connectivity index (χ1v) is 5.84. The molecule has 1 saturated heterocycles. The second-order valence-electron chi connectivity index (χ2n) is 4.54.